The molecule has 1 N–H and O–H groups in total. The summed E-state index contributed by atoms with van der Waals surface area (Å²) in [5.41, 5.74) is 0.878. The van der Waals surface area contributed by atoms with Crippen LogP contribution in [0.5, 0.6) is 0 Å². The maximum absolute atomic E-state index is 13.6. The molecule has 1 aliphatic carbocycles. The highest BCUT2D eigenvalue weighted by Gasteiger charge is 2.30. The van der Waals surface area contributed by atoms with Gasteiger partial charge in [0.1, 0.15) is 5.82 Å². The number of hydrogen-bond donors (Lipinski definition) is 1. The van der Waals surface area contributed by atoms with E-state index in [1.807, 2.05) is 0 Å². The normalized spacial score (nSPS) is 21.5. The number of carbonyl (C=O) groups is 2. The van der Waals surface area contributed by atoms with Crippen molar-refractivity contribution >= 4 is 17.6 Å². The number of rotatable bonds is 3. The SMILES string of the molecule is Cc1ccc(F)c(NC(=O)[C@H]2CC=CC[C@H]2C(=O)[O-])c1. The quantitative estimate of drug-likeness (QED) is 0.848. The van der Waals surface area contributed by atoms with Crippen LogP contribution in [0.15, 0.2) is 30.4 Å². The van der Waals surface area contributed by atoms with Gasteiger partial charge in [-0.3, -0.25) is 4.79 Å². The third-order valence-corrected chi connectivity index (χ3v) is 3.45. The number of halogens is 1. The number of aryl methyl sites for hydroxylation is 1. The molecule has 0 saturated carbocycles. The Morgan fingerprint density at radius 2 is 1.90 bits per heavy atom. The van der Waals surface area contributed by atoms with E-state index in [0.717, 1.165) is 5.56 Å². The Hall–Kier alpha value is -2.17. The van der Waals surface area contributed by atoms with Gasteiger partial charge in [-0.1, -0.05) is 18.2 Å². The molecule has 5 heteroatoms. The van der Waals surface area contributed by atoms with E-state index in [2.05, 4.69) is 5.32 Å². The van der Waals surface area contributed by atoms with Crippen LogP contribution in [0.25, 0.3) is 0 Å². The molecule has 0 aromatic heterocycles. The van der Waals surface area contributed by atoms with Crippen molar-refractivity contribution in [3.8, 4) is 0 Å². The first-order valence-electron chi connectivity index (χ1n) is 6.42. The molecule has 1 amide bonds. The van der Waals surface area contributed by atoms with Gasteiger partial charge in [0.2, 0.25) is 5.91 Å². The van der Waals surface area contributed by atoms with Crippen LogP contribution in [-0.2, 0) is 9.59 Å². The molecule has 0 unspecified atom stereocenters. The first kappa shape index (κ1) is 14.2. The molecular formula is C15H15FNO3-. The number of allylic oxidation sites excluding steroid dienone is 2. The average Bonchev–Trinajstić information content (AvgIpc) is 2.42. The molecule has 0 bridgehead atoms. The van der Waals surface area contributed by atoms with Crippen molar-refractivity contribution < 1.29 is 19.1 Å². The van der Waals surface area contributed by atoms with Gasteiger partial charge in [-0.25, -0.2) is 4.39 Å². The zero-order valence-corrected chi connectivity index (χ0v) is 11.1. The van der Waals surface area contributed by atoms with Gasteiger partial charge in [0, 0.05) is 11.9 Å². The lowest BCUT2D eigenvalue weighted by atomic mass is 9.82. The zero-order chi connectivity index (χ0) is 14.7. The third kappa shape index (κ3) is 3.04. The summed E-state index contributed by atoms with van der Waals surface area (Å²) in [6, 6.07) is 4.38. The van der Waals surface area contributed by atoms with Crippen molar-refractivity contribution in [2.45, 2.75) is 19.8 Å². The van der Waals surface area contributed by atoms with Crippen LogP contribution in [0.3, 0.4) is 0 Å². The summed E-state index contributed by atoms with van der Waals surface area (Å²) in [5.74, 6) is -3.88. The predicted molar refractivity (Wildman–Crippen MR) is 70.1 cm³/mol. The highest BCUT2D eigenvalue weighted by molar-refractivity contribution is 5.95. The molecule has 0 spiro atoms. The molecule has 20 heavy (non-hydrogen) atoms. The van der Waals surface area contributed by atoms with E-state index in [1.54, 1.807) is 25.1 Å². The minimum absolute atomic E-state index is 0.0710. The monoisotopic (exact) mass is 276 g/mol. The van der Waals surface area contributed by atoms with E-state index in [9.17, 15) is 19.1 Å². The summed E-state index contributed by atoms with van der Waals surface area (Å²) >= 11 is 0. The number of amides is 1. The molecule has 4 nitrogen and oxygen atoms in total. The fourth-order valence-corrected chi connectivity index (χ4v) is 2.32. The van der Waals surface area contributed by atoms with E-state index >= 15 is 0 Å². The van der Waals surface area contributed by atoms with E-state index in [1.165, 1.54) is 12.1 Å². The molecule has 0 saturated heterocycles. The number of aliphatic carboxylic acids is 1. The van der Waals surface area contributed by atoms with Crippen molar-refractivity contribution in [1.82, 2.24) is 0 Å². The van der Waals surface area contributed by atoms with E-state index in [4.69, 9.17) is 0 Å². The van der Waals surface area contributed by atoms with E-state index in [0.29, 0.717) is 6.42 Å². The number of nitrogens with one attached hydrogen (secondary N) is 1. The second-order valence-corrected chi connectivity index (χ2v) is 4.95. The Morgan fingerprint density at radius 1 is 1.25 bits per heavy atom. The highest BCUT2D eigenvalue weighted by atomic mass is 19.1. The number of carbonyl (C=O) groups excluding carboxylic acids is 2. The number of carboxylic acid groups (broad SMARTS) is 1. The fraction of sp³-hybridized carbons (Fsp3) is 0.333. The molecule has 0 aliphatic heterocycles. The molecule has 1 aromatic rings. The van der Waals surface area contributed by atoms with Crippen molar-refractivity contribution in [2.24, 2.45) is 11.8 Å². The van der Waals surface area contributed by atoms with Gasteiger partial charge in [-0.2, -0.15) is 0 Å². The van der Waals surface area contributed by atoms with Crippen molar-refractivity contribution in [3.63, 3.8) is 0 Å². The van der Waals surface area contributed by atoms with Gasteiger partial charge in [0.05, 0.1) is 11.6 Å². The third-order valence-electron chi connectivity index (χ3n) is 3.45. The summed E-state index contributed by atoms with van der Waals surface area (Å²) in [6.07, 6.45) is 4.06. The van der Waals surface area contributed by atoms with Crippen molar-refractivity contribution in [1.29, 1.82) is 0 Å². The van der Waals surface area contributed by atoms with Gasteiger partial charge >= 0.3 is 0 Å². The van der Waals surface area contributed by atoms with Gasteiger partial charge < -0.3 is 15.2 Å². The van der Waals surface area contributed by atoms with Gasteiger partial charge in [-0.05, 0) is 37.5 Å². The standard InChI is InChI=1S/C15H16FNO3/c1-9-6-7-12(16)13(8-9)17-14(18)10-4-2-3-5-11(10)15(19)20/h2-3,6-8,10-11H,4-5H2,1H3,(H,17,18)(H,19,20)/p-1/t10-,11+/m0/s1. The summed E-state index contributed by atoms with van der Waals surface area (Å²) < 4.78 is 13.6. The summed E-state index contributed by atoms with van der Waals surface area (Å²) in [7, 11) is 0. The molecule has 2 rings (SSSR count). The molecule has 0 radical (unpaired) electrons. The Bertz CT molecular complexity index is 568. The predicted octanol–water partition coefficient (Wildman–Crippen LogP) is 1.40. The molecule has 2 atom stereocenters. The van der Waals surface area contributed by atoms with Crippen molar-refractivity contribution in [3.05, 3.63) is 41.7 Å². The number of benzene rings is 1. The maximum Gasteiger partial charge on any atom is 0.228 e. The fourth-order valence-electron chi connectivity index (χ4n) is 2.32. The number of anilines is 1. The van der Waals surface area contributed by atoms with Crippen LogP contribution in [-0.4, -0.2) is 11.9 Å². The average molecular weight is 276 g/mol. The van der Waals surface area contributed by atoms with Crippen LogP contribution in [0.2, 0.25) is 0 Å². The first-order valence-corrected chi connectivity index (χ1v) is 6.42. The smallest absolute Gasteiger partial charge is 0.228 e. The van der Waals surface area contributed by atoms with Gasteiger partial charge in [0.25, 0.3) is 0 Å². The highest BCUT2D eigenvalue weighted by Crippen LogP contribution is 2.27. The molecule has 0 heterocycles. The molecule has 1 aliphatic rings. The second kappa shape index (κ2) is 5.86. The van der Waals surface area contributed by atoms with Gasteiger partial charge in [-0.15, -0.1) is 0 Å². The zero-order valence-electron chi connectivity index (χ0n) is 11.1. The number of carboxylic acids is 1. The second-order valence-electron chi connectivity index (χ2n) is 4.95. The minimum atomic E-state index is -1.25. The molecule has 1 aromatic carbocycles. The summed E-state index contributed by atoms with van der Waals surface area (Å²) in [6.45, 7) is 1.78. The Morgan fingerprint density at radius 3 is 2.55 bits per heavy atom. The lowest BCUT2D eigenvalue weighted by molar-refractivity contribution is -0.313. The Balaban J connectivity index is 2.16. The van der Waals surface area contributed by atoms with Crippen molar-refractivity contribution in [2.75, 3.05) is 5.32 Å². The lowest BCUT2D eigenvalue weighted by Gasteiger charge is -2.28. The summed E-state index contributed by atoms with van der Waals surface area (Å²) in [5, 5.41) is 13.5. The van der Waals surface area contributed by atoms with Crippen LogP contribution in [0.4, 0.5) is 10.1 Å². The van der Waals surface area contributed by atoms with Crippen LogP contribution < -0.4 is 10.4 Å². The summed E-state index contributed by atoms with van der Waals surface area (Å²) in [4.78, 5) is 23.2. The van der Waals surface area contributed by atoms with Crippen LogP contribution in [0, 0.1) is 24.6 Å². The first-order chi connectivity index (χ1) is 9.49. The molecule has 0 fully saturated rings. The Kier molecular flexibility index (Phi) is 4.17. The number of hydrogen-bond acceptors (Lipinski definition) is 3. The molecular weight excluding hydrogens is 261 g/mol. The van der Waals surface area contributed by atoms with Crippen LogP contribution >= 0.6 is 0 Å². The van der Waals surface area contributed by atoms with Crippen LogP contribution in [0.1, 0.15) is 18.4 Å². The topological polar surface area (TPSA) is 69.2 Å². The van der Waals surface area contributed by atoms with E-state index in [-0.39, 0.29) is 12.1 Å². The van der Waals surface area contributed by atoms with Gasteiger partial charge in [0.15, 0.2) is 0 Å². The minimum Gasteiger partial charge on any atom is -0.550 e. The molecule has 106 valence electrons. The maximum atomic E-state index is 13.6. The lowest BCUT2D eigenvalue weighted by Crippen LogP contribution is -2.41. The largest absolute Gasteiger partial charge is 0.550 e. The van der Waals surface area contributed by atoms with E-state index < -0.39 is 29.5 Å². The Labute approximate surface area is 116 Å².